The van der Waals surface area contributed by atoms with Crippen molar-refractivity contribution in [1.82, 2.24) is 4.90 Å². The molecule has 2 aromatic carbocycles. The van der Waals surface area contributed by atoms with Gasteiger partial charge in [0.15, 0.2) is 0 Å². The highest BCUT2D eigenvalue weighted by atomic mass is 19.1. The average Bonchev–Trinajstić information content (AvgIpc) is 2.72. The number of hydrogen-bond acceptors (Lipinski definition) is 5. The predicted octanol–water partition coefficient (Wildman–Crippen LogP) is 2.03. The molecule has 0 aromatic heterocycles. The van der Waals surface area contributed by atoms with E-state index in [2.05, 4.69) is 5.32 Å². The van der Waals surface area contributed by atoms with Gasteiger partial charge in [0.1, 0.15) is 11.7 Å². The average molecular weight is 429 g/mol. The highest BCUT2D eigenvalue weighted by molar-refractivity contribution is 5.96. The Balaban J connectivity index is 1.98. The summed E-state index contributed by atoms with van der Waals surface area (Å²) in [4.78, 5) is 27.5. The minimum Gasteiger partial charge on any atom is -0.395 e. The van der Waals surface area contributed by atoms with Gasteiger partial charge in [0.25, 0.3) is 5.91 Å². The number of rotatable bonds is 10. The molecule has 0 aliphatic carbocycles. The Morgan fingerprint density at radius 1 is 1.10 bits per heavy atom. The first-order valence-corrected chi connectivity index (χ1v) is 9.83. The van der Waals surface area contributed by atoms with Crippen LogP contribution < -0.4 is 16.0 Å². The van der Waals surface area contributed by atoms with Crippen LogP contribution in [0.3, 0.4) is 0 Å². The van der Waals surface area contributed by atoms with Gasteiger partial charge in [-0.15, -0.1) is 0 Å². The summed E-state index contributed by atoms with van der Waals surface area (Å²) in [6.07, 6.45) is 0.681. The lowest BCUT2D eigenvalue weighted by Gasteiger charge is -2.25. The van der Waals surface area contributed by atoms with Gasteiger partial charge in [0, 0.05) is 56.1 Å². The zero-order valence-corrected chi connectivity index (χ0v) is 17.7. The number of halogens is 1. The summed E-state index contributed by atoms with van der Waals surface area (Å²) < 4.78 is 14.1. The van der Waals surface area contributed by atoms with Crippen molar-refractivity contribution < 1.29 is 19.1 Å². The van der Waals surface area contributed by atoms with Gasteiger partial charge in [-0.3, -0.25) is 15.0 Å². The first-order valence-electron chi connectivity index (χ1n) is 9.83. The van der Waals surface area contributed by atoms with Gasteiger partial charge in [0.05, 0.1) is 6.61 Å². The summed E-state index contributed by atoms with van der Waals surface area (Å²) >= 11 is 0. The molecule has 0 spiro atoms. The number of carbonyl (C=O) groups excluding carboxylic acids is 2. The van der Waals surface area contributed by atoms with E-state index in [0.29, 0.717) is 29.9 Å². The number of amidine groups is 1. The van der Waals surface area contributed by atoms with Gasteiger partial charge in [-0.25, -0.2) is 4.39 Å². The number of nitrogens with two attached hydrogens (primary N) is 1. The minimum atomic E-state index is -0.544. The first-order chi connectivity index (χ1) is 14.7. The monoisotopic (exact) mass is 429 g/mol. The lowest BCUT2D eigenvalue weighted by Crippen LogP contribution is -2.29. The largest absolute Gasteiger partial charge is 0.395 e. The van der Waals surface area contributed by atoms with Crippen molar-refractivity contribution in [2.45, 2.75) is 12.8 Å². The van der Waals surface area contributed by atoms with E-state index in [9.17, 15) is 19.1 Å². The minimum absolute atomic E-state index is 0.0466. The third-order valence-corrected chi connectivity index (χ3v) is 4.58. The maximum absolute atomic E-state index is 14.1. The number of nitrogen functional groups attached to an aromatic ring is 1. The molecule has 0 bridgehead atoms. The van der Waals surface area contributed by atoms with Gasteiger partial charge >= 0.3 is 0 Å². The molecule has 31 heavy (non-hydrogen) atoms. The molecule has 0 saturated carbocycles. The molecule has 0 unspecified atom stereocenters. The lowest BCUT2D eigenvalue weighted by molar-refractivity contribution is -0.116. The second kappa shape index (κ2) is 11.1. The first kappa shape index (κ1) is 23.8. The molecular weight excluding hydrogens is 401 g/mol. The van der Waals surface area contributed by atoms with Crippen molar-refractivity contribution in [3.8, 4) is 0 Å². The lowest BCUT2D eigenvalue weighted by atomic mass is 10.1. The second-order valence-corrected chi connectivity index (χ2v) is 7.25. The van der Waals surface area contributed by atoms with Crippen molar-refractivity contribution in [3.63, 3.8) is 0 Å². The van der Waals surface area contributed by atoms with Crippen LogP contribution in [0.4, 0.5) is 15.8 Å². The number of aliphatic hydroxyl groups excluding tert-OH is 1. The van der Waals surface area contributed by atoms with E-state index in [4.69, 9.17) is 11.1 Å². The molecule has 9 heteroatoms. The maximum atomic E-state index is 14.1. The van der Waals surface area contributed by atoms with Gasteiger partial charge in [-0.05, 0) is 48.9 Å². The zero-order valence-electron chi connectivity index (χ0n) is 17.7. The fraction of sp³-hybridized carbons (Fsp3) is 0.318. The highest BCUT2D eigenvalue weighted by Gasteiger charge is 2.15. The third kappa shape index (κ3) is 7.07. The van der Waals surface area contributed by atoms with Crippen LogP contribution in [-0.4, -0.2) is 61.4 Å². The predicted molar refractivity (Wildman–Crippen MR) is 119 cm³/mol. The number of nitrogens with one attached hydrogen (secondary N) is 2. The van der Waals surface area contributed by atoms with Crippen LogP contribution >= 0.6 is 0 Å². The smallest absolute Gasteiger partial charge is 0.253 e. The number of hydrogen-bond donors (Lipinski definition) is 4. The normalized spacial score (nSPS) is 10.5. The summed E-state index contributed by atoms with van der Waals surface area (Å²) in [5.41, 5.74) is 7.27. The van der Waals surface area contributed by atoms with Crippen LogP contribution in [0.1, 0.15) is 28.8 Å². The molecule has 5 N–H and O–H groups in total. The summed E-state index contributed by atoms with van der Waals surface area (Å²) in [6, 6.07) is 10.7. The summed E-state index contributed by atoms with van der Waals surface area (Å²) in [5, 5.41) is 19.5. The van der Waals surface area contributed by atoms with E-state index in [1.165, 1.54) is 17.0 Å². The van der Waals surface area contributed by atoms with E-state index in [-0.39, 0.29) is 42.8 Å². The number of amides is 2. The number of nitrogens with zero attached hydrogens (tertiary/aromatic N) is 2. The number of aliphatic hydroxyl groups is 1. The number of anilines is 2. The Hall–Kier alpha value is -3.46. The highest BCUT2D eigenvalue weighted by Crippen LogP contribution is 2.20. The molecule has 8 nitrogen and oxygen atoms in total. The zero-order chi connectivity index (χ0) is 23.0. The van der Waals surface area contributed by atoms with Crippen molar-refractivity contribution >= 4 is 29.0 Å². The SMILES string of the molecule is CN(C)C(=O)c1cc(F)cc(N(CCO)CCCC(=O)Nc2ccc(C(=N)N)cc2)c1. The van der Waals surface area contributed by atoms with Gasteiger partial charge in [-0.2, -0.15) is 0 Å². The van der Waals surface area contributed by atoms with Crippen LogP contribution in [0.5, 0.6) is 0 Å². The molecule has 0 fully saturated rings. The Morgan fingerprint density at radius 2 is 1.77 bits per heavy atom. The van der Waals surface area contributed by atoms with Gasteiger partial charge in [0.2, 0.25) is 5.91 Å². The Morgan fingerprint density at radius 3 is 2.35 bits per heavy atom. The van der Waals surface area contributed by atoms with E-state index in [1.54, 1.807) is 49.3 Å². The van der Waals surface area contributed by atoms with Crippen molar-refractivity contribution in [2.75, 3.05) is 44.0 Å². The molecule has 0 aliphatic heterocycles. The fourth-order valence-corrected chi connectivity index (χ4v) is 3.02. The van der Waals surface area contributed by atoms with Crippen molar-refractivity contribution in [2.24, 2.45) is 5.73 Å². The third-order valence-electron chi connectivity index (χ3n) is 4.58. The quantitative estimate of drug-likeness (QED) is 0.340. The molecule has 2 aromatic rings. The summed E-state index contributed by atoms with van der Waals surface area (Å²) in [7, 11) is 3.18. The van der Waals surface area contributed by atoms with Crippen LogP contribution in [-0.2, 0) is 4.79 Å². The van der Waals surface area contributed by atoms with E-state index in [0.717, 1.165) is 0 Å². The molecule has 0 radical (unpaired) electrons. The van der Waals surface area contributed by atoms with E-state index >= 15 is 0 Å². The molecule has 0 aliphatic rings. The molecular formula is C22H28FN5O3. The van der Waals surface area contributed by atoms with E-state index < -0.39 is 5.82 Å². The molecule has 166 valence electrons. The molecule has 0 heterocycles. The molecule has 2 rings (SSSR count). The van der Waals surface area contributed by atoms with Gasteiger partial charge < -0.3 is 26.0 Å². The topological polar surface area (TPSA) is 123 Å². The van der Waals surface area contributed by atoms with Crippen LogP contribution in [0.25, 0.3) is 0 Å². The van der Waals surface area contributed by atoms with E-state index in [1.807, 2.05) is 0 Å². The Labute approximate surface area is 181 Å². The Kier molecular flexibility index (Phi) is 8.51. The maximum Gasteiger partial charge on any atom is 0.253 e. The summed E-state index contributed by atoms with van der Waals surface area (Å²) in [5.74, 6) is -1.10. The molecule has 2 amide bonds. The summed E-state index contributed by atoms with van der Waals surface area (Å²) in [6.45, 7) is 0.492. The van der Waals surface area contributed by atoms with Crippen molar-refractivity contribution in [1.29, 1.82) is 5.41 Å². The Bertz CT molecular complexity index is 931. The standard InChI is InChI=1S/C22H28FN5O3/c1-27(2)22(31)16-12-17(23)14-19(13-16)28(10-11-29)9-3-4-20(30)26-18-7-5-15(6-8-18)21(24)25/h5-8,12-14,29H,3-4,9-11H2,1-2H3,(H3,24,25)(H,26,30). The van der Waals surface area contributed by atoms with Crippen LogP contribution in [0.2, 0.25) is 0 Å². The number of carbonyl (C=O) groups is 2. The number of benzene rings is 2. The van der Waals surface area contributed by atoms with Crippen molar-refractivity contribution in [3.05, 3.63) is 59.4 Å². The molecule has 0 saturated heterocycles. The van der Waals surface area contributed by atoms with Gasteiger partial charge in [-0.1, -0.05) is 0 Å². The van der Waals surface area contributed by atoms with Crippen LogP contribution in [0.15, 0.2) is 42.5 Å². The van der Waals surface area contributed by atoms with Crippen LogP contribution in [0, 0.1) is 11.2 Å². The molecule has 0 atom stereocenters. The fourth-order valence-electron chi connectivity index (χ4n) is 3.02. The second-order valence-electron chi connectivity index (χ2n) is 7.25.